The molecule has 1 heterocycles. The number of benzene rings is 4. The molecule has 0 saturated carbocycles. The quantitative estimate of drug-likeness (QED) is 0.110. The highest BCUT2D eigenvalue weighted by Crippen LogP contribution is 2.45. The van der Waals surface area contributed by atoms with Crippen LogP contribution in [0.3, 0.4) is 0 Å². The van der Waals surface area contributed by atoms with Crippen LogP contribution in [0.1, 0.15) is 5.56 Å². The molecule has 1 amide bonds. The minimum atomic E-state index is -4.86. The zero-order valence-electron chi connectivity index (χ0n) is 22.1. The van der Waals surface area contributed by atoms with Gasteiger partial charge in [-0.3, -0.25) is 14.4 Å². The van der Waals surface area contributed by atoms with Crippen LogP contribution >= 0.6 is 11.3 Å². The lowest BCUT2D eigenvalue weighted by molar-refractivity contribution is 0.215. The summed E-state index contributed by atoms with van der Waals surface area (Å²) in [6, 6.07) is 22.5. The van der Waals surface area contributed by atoms with Crippen LogP contribution in [-0.4, -0.2) is 32.0 Å². The van der Waals surface area contributed by atoms with Crippen molar-refractivity contribution in [2.75, 3.05) is 11.1 Å². The molecule has 16 heteroatoms. The summed E-state index contributed by atoms with van der Waals surface area (Å²) in [5.41, 5.74) is 7.15. The number of nitrogen functional groups attached to an aromatic ring is 1. The molecule has 13 nitrogen and oxygen atoms in total. The van der Waals surface area contributed by atoms with Gasteiger partial charge in [0.25, 0.3) is 20.2 Å². The summed E-state index contributed by atoms with van der Waals surface area (Å²) in [5, 5.41) is 20.4. The van der Waals surface area contributed by atoms with Crippen molar-refractivity contribution in [2.24, 2.45) is 10.2 Å². The van der Waals surface area contributed by atoms with Gasteiger partial charge in [0.2, 0.25) is 0 Å². The Balaban J connectivity index is 1.51. The van der Waals surface area contributed by atoms with E-state index in [4.69, 9.17) is 10.5 Å². The topological polar surface area (TPSA) is 222 Å². The number of para-hydroxylation sites is 1. The number of carbonyl (C=O) groups is 1. The number of amides is 1. The molecule has 0 atom stereocenters. The summed E-state index contributed by atoms with van der Waals surface area (Å²) in [5.74, 6) is 0.355. The molecule has 4 aromatic carbocycles. The van der Waals surface area contributed by atoms with Crippen LogP contribution in [0.15, 0.2) is 105 Å². The zero-order valence-corrected chi connectivity index (χ0v) is 24.5. The first kappa shape index (κ1) is 30.3. The number of fused-ring (bicyclic) bond motifs is 1. The molecule has 0 aliphatic heterocycles. The van der Waals surface area contributed by atoms with Gasteiger partial charge in [0.15, 0.2) is 0 Å². The van der Waals surface area contributed by atoms with E-state index < -0.39 is 36.1 Å². The van der Waals surface area contributed by atoms with Crippen molar-refractivity contribution in [1.82, 2.24) is 0 Å². The van der Waals surface area contributed by atoms with Gasteiger partial charge >= 0.3 is 6.09 Å². The summed E-state index contributed by atoms with van der Waals surface area (Å²) < 4.78 is 72.9. The lowest BCUT2D eigenvalue weighted by atomic mass is 10.0. The van der Waals surface area contributed by atoms with Crippen molar-refractivity contribution in [3.8, 4) is 22.9 Å². The number of anilines is 2. The molecule has 0 bridgehead atoms. The van der Waals surface area contributed by atoms with Crippen LogP contribution in [0, 0.1) is 11.3 Å². The summed E-state index contributed by atoms with van der Waals surface area (Å²) in [7, 11) is -9.65. The van der Waals surface area contributed by atoms with Crippen molar-refractivity contribution in [3.05, 3.63) is 90.5 Å². The van der Waals surface area contributed by atoms with Crippen molar-refractivity contribution < 1.29 is 35.5 Å². The van der Waals surface area contributed by atoms with E-state index in [1.807, 2.05) is 6.07 Å². The van der Waals surface area contributed by atoms with Gasteiger partial charge in [-0.15, -0.1) is 10.2 Å². The second-order valence-electron chi connectivity index (χ2n) is 8.98. The number of ether oxygens (including phenoxy) is 1. The molecule has 44 heavy (non-hydrogen) atoms. The largest absolute Gasteiger partial charge is 0.417 e. The lowest BCUT2D eigenvalue weighted by Gasteiger charge is -2.09. The van der Waals surface area contributed by atoms with E-state index in [1.54, 1.807) is 54.6 Å². The smallest absolute Gasteiger partial charge is 0.410 e. The maximum atomic E-state index is 12.2. The molecule has 0 spiro atoms. The molecule has 0 aliphatic rings. The predicted molar refractivity (Wildman–Crippen MR) is 163 cm³/mol. The highest BCUT2D eigenvalue weighted by Gasteiger charge is 2.22. The summed E-state index contributed by atoms with van der Waals surface area (Å²) in [6.45, 7) is 0. The van der Waals surface area contributed by atoms with E-state index in [9.17, 15) is 36.0 Å². The summed E-state index contributed by atoms with van der Waals surface area (Å²) in [6.07, 6.45) is -0.715. The number of nitrogens with one attached hydrogen (secondary N) is 1. The van der Waals surface area contributed by atoms with Crippen LogP contribution in [0.25, 0.3) is 21.9 Å². The van der Waals surface area contributed by atoms with Crippen molar-refractivity contribution in [1.29, 1.82) is 5.26 Å². The van der Waals surface area contributed by atoms with Gasteiger partial charge in [0, 0.05) is 22.0 Å². The Kier molecular flexibility index (Phi) is 8.15. The van der Waals surface area contributed by atoms with E-state index in [0.717, 1.165) is 23.5 Å². The molecule has 0 saturated heterocycles. The van der Waals surface area contributed by atoms with Gasteiger partial charge in [-0.05, 0) is 48.0 Å². The minimum absolute atomic E-state index is 0.0962. The summed E-state index contributed by atoms with van der Waals surface area (Å²) >= 11 is 0.918. The Hall–Kier alpha value is -5.18. The van der Waals surface area contributed by atoms with Gasteiger partial charge in [0.1, 0.15) is 31.6 Å². The number of hydrogen-bond acceptors (Lipinski definition) is 11. The van der Waals surface area contributed by atoms with E-state index in [1.165, 1.54) is 18.2 Å². The molecule has 0 unspecified atom stereocenters. The van der Waals surface area contributed by atoms with Gasteiger partial charge in [0.05, 0.1) is 11.3 Å². The first-order chi connectivity index (χ1) is 20.8. The second kappa shape index (κ2) is 11.8. The van der Waals surface area contributed by atoms with Gasteiger partial charge in [-0.2, -0.15) is 22.1 Å². The van der Waals surface area contributed by atoms with E-state index in [-0.39, 0.29) is 32.0 Å². The maximum Gasteiger partial charge on any atom is 0.417 e. The van der Waals surface area contributed by atoms with E-state index >= 15 is 0 Å². The molecule has 5 rings (SSSR count). The third-order valence-corrected chi connectivity index (χ3v) is 8.83. The normalized spacial score (nSPS) is 11.8. The molecule has 5 aromatic rings. The Morgan fingerprint density at radius 1 is 0.864 bits per heavy atom. The first-order valence-electron chi connectivity index (χ1n) is 12.3. The minimum Gasteiger partial charge on any atom is -0.410 e. The Morgan fingerprint density at radius 2 is 1.55 bits per heavy atom. The van der Waals surface area contributed by atoms with Crippen LogP contribution in [-0.2, 0) is 20.2 Å². The molecule has 5 N–H and O–H groups in total. The fraction of sp³-hybridized carbons (Fsp3) is 0. The molecule has 222 valence electrons. The molecule has 0 fully saturated rings. The van der Waals surface area contributed by atoms with Crippen molar-refractivity contribution in [3.63, 3.8) is 0 Å². The van der Waals surface area contributed by atoms with Gasteiger partial charge in [-0.25, -0.2) is 4.79 Å². The maximum absolute atomic E-state index is 12.2. The number of azo groups is 1. The second-order valence-corrected chi connectivity index (χ2v) is 12.8. The number of hydrogen-bond donors (Lipinski definition) is 4. The number of rotatable bonds is 7. The van der Waals surface area contributed by atoms with Crippen LogP contribution < -0.4 is 15.8 Å². The Labute approximate surface area is 254 Å². The molecule has 1 aromatic heterocycles. The average molecular weight is 650 g/mol. The number of carbonyl (C=O) groups excluding carboxylic acids is 1. The number of nitriles is 1. The number of nitrogens with zero attached hydrogens (tertiary/aromatic N) is 3. The monoisotopic (exact) mass is 649 g/mol. The van der Waals surface area contributed by atoms with Gasteiger partial charge < -0.3 is 10.5 Å². The molecule has 0 aliphatic carbocycles. The van der Waals surface area contributed by atoms with Crippen LogP contribution in [0.5, 0.6) is 5.75 Å². The molecular weight excluding hydrogens is 631 g/mol. The summed E-state index contributed by atoms with van der Waals surface area (Å²) in [4.78, 5) is 11.0. The SMILES string of the molecule is N#Cc1c(N)sc(/N=N/c2cc(S(=O)(=O)O)c3cccc(S(=O)(=O)O)c3c2)c1-c1ccc(NC(=O)Oc2ccccc2)cc1. The zero-order chi connectivity index (χ0) is 31.6. The standard InChI is InChI=1S/C28H19N5O8S3/c29-15-22-25(16-9-11-17(12-10-16)31-28(34)41-19-5-2-1-3-6-19)27(42-26(22)30)33-32-18-13-21-20(24(14-18)44(38,39)40)7-4-8-23(21)43(35,36)37/h1-14H,30H2,(H,31,34)(H,35,36,37)(H,38,39,40)/b33-32+. The highest BCUT2D eigenvalue weighted by atomic mass is 32.2. The Morgan fingerprint density at radius 3 is 2.18 bits per heavy atom. The van der Waals surface area contributed by atoms with E-state index in [2.05, 4.69) is 15.5 Å². The van der Waals surface area contributed by atoms with Crippen LogP contribution in [0.4, 0.5) is 26.2 Å². The van der Waals surface area contributed by atoms with Crippen molar-refractivity contribution >= 4 is 69.8 Å². The lowest BCUT2D eigenvalue weighted by Crippen LogP contribution is -2.16. The first-order valence-corrected chi connectivity index (χ1v) is 15.9. The van der Waals surface area contributed by atoms with E-state index in [0.29, 0.717) is 22.6 Å². The van der Waals surface area contributed by atoms with Crippen molar-refractivity contribution in [2.45, 2.75) is 9.79 Å². The third-order valence-electron chi connectivity index (χ3n) is 6.12. The Bertz CT molecular complexity index is 2210. The fourth-order valence-electron chi connectivity index (χ4n) is 4.25. The third kappa shape index (κ3) is 6.41. The number of thiophene rings is 1. The number of nitrogens with two attached hydrogens (primary N) is 1. The van der Waals surface area contributed by atoms with Crippen LogP contribution in [0.2, 0.25) is 0 Å². The molecule has 0 radical (unpaired) electrons. The molecular formula is C28H19N5O8S3. The fourth-order valence-corrected chi connectivity index (χ4v) is 6.54. The highest BCUT2D eigenvalue weighted by molar-refractivity contribution is 7.86. The average Bonchev–Trinajstić information content (AvgIpc) is 3.30. The predicted octanol–water partition coefficient (Wildman–Crippen LogP) is 6.54. The van der Waals surface area contributed by atoms with Gasteiger partial charge in [-0.1, -0.05) is 53.8 Å².